The van der Waals surface area contributed by atoms with Gasteiger partial charge in [0.15, 0.2) is 11.6 Å². The molecule has 0 bridgehead atoms. The average molecular weight is 300 g/mol. The Morgan fingerprint density at radius 2 is 2.15 bits per heavy atom. The molecule has 2 aliphatic rings. The Morgan fingerprint density at radius 3 is 2.75 bits per heavy atom. The van der Waals surface area contributed by atoms with Crippen LogP contribution in [0.15, 0.2) is 0 Å². The first-order valence-electron chi connectivity index (χ1n) is 6.84. The highest BCUT2D eigenvalue weighted by Gasteiger charge is 2.46. The number of nitrogens with one attached hydrogen (secondary N) is 1. The van der Waals surface area contributed by atoms with Gasteiger partial charge in [0.1, 0.15) is 6.61 Å². The molecule has 0 unspecified atom stereocenters. The molecule has 1 aliphatic carbocycles. The molecule has 2 fully saturated rings. The van der Waals surface area contributed by atoms with Crippen LogP contribution >= 0.6 is 0 Å². The summed E-state index contributed by atoms with van der Waals surface area (Å²) in [7, 11) is -1.54. The quantitative estimate of drug-likeness (QED) is 0.847. The van der Waals surface area contributed by atoms with E-state index in [1.165, 1.54) is 19.1 Å². The van der Waals surface area contributed by atoms with E-state index in [0.717, 1.165) is 5.82 Å². The summed E-state index contributed by atoms with van der Waals surface area (Å²) in [6.45, 7) is 1.48. The molecule has 1 saturated carbocycles. The van der Waals surface area contributed by atoms with Gasteiger partial charge in [-0.05, 0) is 24.7 Å². The number of nitrogens with zero attached hydrogens (tertiary/aromatic N) is 3. The van der Waals surface area contributed by atoms with Gasteiger partial charge in [0.2, 0.25) is 10.0 Å². The molecule has 3 rings (SSSR count). The van der Waals surface area contributed by atoms with Crippen molar-refractivity contribution in [1.29, 1.82) is 0 Å². The maximum Gasteiger partial charge on any atom is 0.211 e. The van der Waals surface area contributed by atoms with Crippen molar-refractivity contribution in [1.82, 2.24) is 19.5 Å². The van der Waals surface area contributed by atoms with E-state index in [1.54, 1.807) is 11.4 Å². The molecule has 0 spiro atoms. The standard InChI is InChI=1S/C12H20N4O3S/c1-19-7-11-13-12(15-14-11)10-6-16(20(2,17)18)5-9(10)8-3-4-8/h8-10H,3-7H2,1-2H3,(H,13,14,15)/t9-,10+/m1/s1. The topological polar surface area (TPSA) is 88.2 Å². The molecule has 0 amide bonds. The number of methoxy groups -OCH3 is 1. The van der Waals surface area contributed by atoms with E-state index < -0.39 is 10.0 Å². The molecule has 1 N–H and O–H groups in total. The smallest absolute Gasteiger partial charge is 0.211 e. The van der Waals surface area contributed by atoms with Gasteiger partial charge in [-0.1, -0.05) is 0 Å². The first kappa shape index (κ1) is 14.0. The summed E-state index contributed by atoms with van der Waals surface area (Å²) in [5, 5.41) is 7.12. The summed E-state index contributed by atoms with van der Waals surface area (Å²) in [5.41, 5.74) is 0. The van der Waals surface area contributed by atoms with Crippen molar-refractivity contribution >= 4 is 10.0 Å². The van der Waals surface area contributed by atoms with Crippen LogP contribution in [0.5, 0.6) is 0 Å². The maximum absolute atomic E-state index is 11.8. The van der Waals surface area contributed by atoms with Gasteiger partial charge >= 0.3 is 0 Å². The van der Waals surface area contributed by atoms with Crippen LogP contribution in [0.25, 0.3) is 0 Å². The van der Waals surface area contributed by atoms with E-state index in [0.29, 0.717) is 37.4 Å². The van der Waals surface area contributed by atoms with Gasteiger partial charge in [-0.15, -0.1) is 0 Å². The number of H-pyrrole nitrogens is 1. The second-order valence-corrected chi connectivity index (χ2v) is 7.74. The third-order valence-electron chi connectivity index (χ3n) is 4.19. The van der Waals surface area contributed by atoms with Gasteiger partial charge in [-0.25, -0.2) is 17.7 Å². The zero-order valence-corrected chi connectivity index (χ0v) is 12.6. The van der Waals surface area contributed by atoms with E-state index in [-0.39, 0.29) is 5.92 Å². The molecule has 7 nitrogen and oxygen atoms in total. The lowest BCUT2D eigenvalue weighted by atomic mass is 9.91. The summed E-state index contributed by atoms with van der Waals surface area (Å²) in [6, 6.07) is 0. The first-order valence-corrected chi connectivity index (χ1v) is 8.69. The molecule has 2 atom stereocenters. The van der Waals surface area contributed by atoms with Crippen molar-refractivity contribution in [3.63, 3.8) is 0 Å². The Bertz CT molecular complexity index is 581. The molecule has 0 radical (unpaired) electrons. The summed E-state index contributed by atoms with van der Waals surface area (Å²) in [5.74, 6) is 2.47. The molecule has 1 aliphatic heterocycles. The van der Waals surface area contributed by atoms with Crippen molar-refractivity contribution in [2.75, 3.05) is 26.5 Å². The third-order valence-corrected chi connectivity index (χ3v) is 5.43. The minimum atomic E-state index is -3.14. The van der Waals surface area contributed by atoms with E-state index in [1.807, 2.05) is 0 Å². The third kappa shape index (κ3) is 2.72. The highest BCUT2D eigenvalue weighted by Crippen LogP contribution is 2.47. The van der Waals surface area contributed by atoms with Crippen LogP contribution in [0.2, 0.25) is 0 Å². The maximum atomic E-state index is 11.8. The highest BCUT2D eigenvalue weighted by molar-refractivity contribution is 7.88. The number of rotatable bonds is 5. The van der Waals surface area contributed by atoms with Crippen LogP contribution in [0.3, 0.4) is 0 Å². The summed E-state index contributed by atoms with van der Waals surface area (Å²) < 4.78 is 30.1. The van der Waals surface area contributed by atoms with Crippen molar-refractivity contribution in [3.05, 3.63) is 11.6 Å². The van der Waals surface area contributed by atoms with Crippen LogP contribution in [-0.4, -0.2) is 54.4 Å². The van der Waals surface area contributed by atoms with Crippen LogP contribution in [0, 0.1) is 11.8 Å². The zero-order chi connectivity index (χ0) is 14.3. The van der Waals surface area contributed by atoms with E-state index >= 15 is 0 Å². The predicted molar refractivity (Wildman–Crippen MR) is 72.5 cm³/mol. The number of hydrogen-bond donors (Lipinski definition) is 1. The number of aromatic amines is 1. The van der Waals surface area contributed by atoms with Crippen LogP contribution in [0.4, 0.5) is 0 Å². The number of hydrogen-bond acceptors (Lipinski definition) is 5. The Kier molecular flexibility index (Phi) is 3.55. The van der Waals surface area contributed by atoms with Gasteiger partial charge in [0.25, 0.3) is 0 Å². The second kappa shape index (κ2) is 5.09. The van der Waals surface area contributed by atoms with Crippen molar-refractivity contribution < 1.29 is 13.2 Å². The van der Waals surface area contributed by atoms with Crippen LogP contribution in [-0.2, 0) is 21.4 Å². The summed E-state index contributed by atoms with van der Waals surface area (Å²) in [4.78, 5) is 4.45. The lowest BCUT2D eigenvalue weighted by molar-refractivity contribution is 0.178. The van der Waals surface area contributed by atoms with Gasteiger partial charge in [-0.3, -0.25) is 5.10 Å². The fourth-order valence-corrected chi connectivity index (χ4v) is 3.89. The normalized spacial score (nSPS) is 28.1. The predicted octanol–water partition coefficient (Wildman–Crippen LogP) is 0.336. The Balaban J connectivity index is 1.82. The molecule has 8 heteroatoms. The fraction of sp³-hybridized carbons (Fsp3) is 0.833. The molecule has 112 valence electrons. The molecule has 1 aromatic heterocycles. The van der Waals surface area contributed by atoms with Gasteiger partial charge in [0, 0.05) is 26.1 Å². The zero-order valence-electron chi connectivity index (χ0n) is 11.7. The summed E-state index contributed by atoms with van der Waals surface area (Å²) in [6.07, 6.45) is 3.65. The summed E-state index contributed by atoms with van der Waals surface area (Å²) >= 11 is 0. The molecular formula is C12H20N4O3S. The fourth-order valence-electron chi connectivity index (χ4n) is 3.01. The lowest BCUT2D eigenvalue weighted by Gasteiger charge is -2.13. The van der Waals surface area contributed by atoms with Gasteiger partial charge in [-0.2, -0.15) is 5.10 Å². The van der Waals surface area contributed by atoms with Crippen molar-refractivity contribution in [3.8, 4) is 0 Å². The second-order valence-electron chi connectivity index (χ2n) is 5.76. The minimum absolute atomic E-state index is 0.0964. The van der Waals surface area contributed by atoms with E-state index in [9.17, 15) is 8.42 Å². The number of aromatic nitrogens is 3. The molecule has 1 saturated heterocycles. The molecule has 0 aromatic carbocycles. The molecule has 20 heavy (non-hydrogen) atoms. The minimum Gasteiger partial charge on any atom is -0.377 e. The van der Waals surface area contributed by atoms with Gasteiger partial charge in [0.05, 0.1) is 6.26 Å². The largest absolute Gasteiger partial charge is 0.377 e. The number of sulfonamides is 1. The molecule has 1 aromatic rings. The first-order chi connectivity index (χ1) is 9.49. The molecular weight excluding hydrogens is 280 g/mol. The number of ether oxygens (including phenoxy) is 1. The lowest BCUT2D eigenvalue weighted by Crippen LogP contribution is -2.27. The van der Waals surface area contributed by atoms with Crippen molar-refractivity contribution in [2.45, 2.75) is 25.4 Å². The van der Waals surface area contributed by atoms with Gasteiger partial charge < -0.3 is 4.74 Å². The van der Waals surface area contributed by atoms with E-state index in [4.69, 9.17) is 4.74 Å². The van der Waals surface area contributed by atoms with Crippen molar-refractivity contribution in [2.24, 2.45) is 11.8 Å². The average Bonchev–Trinajstić information content (AvgIpc) is 2.94. The van der Waals surface area contributed by atoms with Crippen LogP contribution < -0.4 is 0 Å². The van der Waals surface area contributed by atoms with Crippen LogP contribution in [0.1, 0.15) is 30.4 Å². The Labute approximate surface area is 118 Å². The highest BCUT2D eigenvalue weighted by atomic mass is 32.2. The Morgan fingerprint density at radius 1 is 1.40 bits per heavy atom. The monoisotopic (exact) mass is 300 g/mol. The molecule has 2 heterocycles. The van der Waals surface area contributed by atoms with E-state index in [2.05, 4.69) is 15.2 Å². The SMILES string of the molecule is COCc1nc([C@H]2CN(S(C)(=O)=O)C[C@@H]2C2CC2)n[nH]1. The Hall–Kier alpha value is -0.990.